The molecule has 6 nitrogen and oxygen atoms in total. The minimum Gasteiger partial charge on any atom is -0.423 e. The molecule has 0 saturated carbocycles. The van der Waals surface area contributed by atoms with E-state index in [-0.39, 0.29) is 5.91 Å². The fourth-order valence-corrected chi connectivity index (χ4v) is 3.75. The van der Waals surface area contributed by atoms with Gasteiger partial charge in [0.2, 0.25) is 12.3 Å². The molecule has 2 aromatic carbocycles. The Morgan fingerprint density at radius 2 is 1.76 bits per heavy atom. The molecule has 0 bridgehead atoms. The van der Waals surface area contributed by atoms with Crippen LogP contribution >= 0.6 is 0 Å². The van der Waals surface area contributed by atoms with Crippen LogP contribution in [0.15, 0.2) is 59.3 Å². The quantitative estimate of drug-likeness (QED) is 0.725. The topological polar surface area (TPSA) is 63.7 Å². The molecule has 0 spiro atoms. The fourth-order valence-electron chi connectivity index (χ4n) is 3.75. The van der Waals surface area contributed by atoms with Crippen molar-refractivity contribution in [2.75, 3.05) is 26.2 Å². The molecule has 1 amide bonds. The number of rotatable bonds is 5. The van der Waals surface area contributed by atoms with E-state index in [1.54, 1.807) is 0 Å². The van der Waals surface area contributed by atoms with Crippen LogP contribution in [0.25, 0.3) is 11.5 Å². The maximum Gasteiger partial charge on any atom is 0.254 e. The van der Waals surface area contributed by atoms with E-state index in [4.69, 9.17) is 4.42 Å². The number of quaternary nitrogens is 1. The lowest BCUT2D eigenvalue weighted by Crippen LogP contribution is -3.13. The highest BCUT2D eigenvalue weighted by Gasteiger charge is 2.24. The second-order valence-electron chi connectivity index (χ2n) is 7.94. The third kappa shape index (κ3) is 4.54. The highest BCUT2D eigenvalue weighted by atomic mass is 16.4. The number of carbonyl (C=O) groups excluding carboxylic acids is 1. The van der Waals surface area contributed by atoms with E-state index in [0.29, 0.717) is 17.4 Å². The summed E-state index contributed by atoms with van der Waals surface area (Å²) in [6.07, 6.45) is 1.30. The predicted octanol–water partition coefficient (Wildman–Crippen LogP) is 2.40. The largest absolute Gasteiger partial charge is 0.423 e. The molecule has 0 atom stereocenters. The summed E-state index contributed by atoms with van der Waals surface area (Å²) in [6.45, 7) is 8.95. The zero-order valence-electron chi connectivity index (χ0n) is 17.0. The Balaban J connectivity index is 1.31. The lowest BCUT2D eigenvalue weighted by Gasteiger charge is -2.32. The van der Waals surface area contributed by atoms with Crippen LogP contribution in [-0.2, 0) is 6.54 Å². The second kappa shape index (κ2) is 8.57. The van der Waals surface area contributed by atoms with Gasteiger partial charge >= 0.3 is 0 Å². The molecule has 4 rings (SSSR count). The number of benzene rings is 2. The molecule has 0 aliphatic carbocycles. The van der Waals surface area contributed by atoms with Crippen molar-refractivity contribution in [3.8, 4) is 11.5 Å². The van der Waals surface area contributed by atoms with Crippen molar-refractivity contribution in [3.05, 3.63) is 71.6 Å². The van der Waals surface area contributed by atoms with Crippen molar-refractivity contribution < 1.29 is 14.1 Å². The minimum atomic E-state index is 0.0856. The highest BCUT2D eigenvalue weighted by Crippen LogP contribution is 2.18. The van der Waals surface area contributed by atoms with E-state index in [0.717, 1.165) is 38.3 Å². The molecule has 3 aromatic rings. The molecule has 1 saturated heterocycles. The molecule has 6 heteroatoms. The van der Waals surface area contributed by atoms with Gasteiger partial charge < -0.3 is 14.2 Å². The van der Waals surface area contributed by atoms with Gasteiger partial charge in [-0.25, -0.2) is 0 Å². The third-order valence-electron chi connectivity index (χ3n) is 5.60. The number of hydrogen-bond donors (Lipinski definition) is 1. The molecule has 1 aromatic heterocycles. The zero-order chi connectivity index (χ0) is 20.2. The van der Waals surface area contributed by atoms with Crippen LogP contribution in [-0.4, -0.2) is 47.2 Å². The summed E-state index contributed by atoms with van der Waals surface area (Å²) in [5.41, 5.74) is 4.25. The normalized spacial score (nSPS) is 15.1. The Bertz CT molecular complexity index is 926. The van der Waals surface area contributed by atoms with Gasteiger partial charge in [-0.2, -0.15) is 0 Å². The van der Waals surface area contributed by atoms with Crippen molar-refractivity contribution in [2.45, 2.75) is 26.3 Å². The van der Waals surface area contributed by atoms with Crippen molar-refractivity contribution in [3.63, 3.8) is 0 Å². The smallest absolute Gasteiger partial charge is 0.254 e. The van der Waals surface area contributed by atoms with Gasteiger partial charge in [-0.15, -0.1) is 10.2 Å². The molecule has 1 aliphatic rings. The SMILES string of the molecule is CC(C)c1ccc(C[NH+]2CCN(C(=O)c3ccc(-c4nnco4)cc3)CC2)cc1. The molecule has 0 unspecified atom stereocenters. The molecule has 1 fully saturated rings. The Morgan fingerprint density at radius 3 is 2.34 bits per heavy atom. The molecule has 29 heavy (non-hydrogen) atoms. The molecule has 1 N–H and O–H groups in total. The van der Waals surface area contributed by atoms with Gasteiger partial charge in [-0.3, -0.25) is 4.79 Å². The minimum absolute atomic E-state index is 0.0856. The Hall–Kier alpha value is -2.99. The van der Waals surface area contributed by atoms with E-state index in [9.17, 15) is 4.79 Å². The summed E-state index contributed by atoms with van der Waals surface area (Å²) >= 11 is 0. The summed E-state index contributed by atoms with van der Waals surface area (Å²) in [4.78, 5) is 16.3. The van der Waals surface area contributed by atoms with Crippen LogP contribution < -0.4 is 4.90 Å². The summed E-state index contributed by atoms with van der Waals surface area (Å²) in [7, 11) is 0. The Labute approximate surface area is 171 Å². The maximum atomic E-state index is 12.8. The van der Waals surface area contributed by atoms with Crippen LogP contribution in [0.3, 0.4) is 0 Å². The van der Waals surface area contributed by atoms with Crippen LogP contribution in [0, 0.1) is 0 Å². The van der Waals surface area contributed by atoms with E-state index >= 15 is 0 Å². The van der Waals surface area contributed by atoms with Crippen LogP contribution in [0.4, 0.5) is 0 Å². The summed E-state index contributed by atoms with van der Waals surface area (Å²) in [5.74, 6) is 1.11. The van der Waals surface area contributed by atoms with Gasteiger partial charge in [0.25, 0.3) is 5.91 Å². The fraction of sp³-hybridized carbons (Fsp3) is 0.348. The van der Waals surface area contributed by atoms with Gasteiger partial charge in [-0.05, 0) is 35.7 Å². The van der Waals surface area contributed by atoms with Crippen LogP contribution in [0.5, 0.6) is 0 Å². The zero-order valence-corrected chi connectivity index (χ0v) is 17.0. The first-order chi connectivity index (χ1) is 14.1. The van der Waals surface area contributed by atoms with Crippen LogP contribution in [0.2, 0.25) is 0 Å². The Morgan fingerprint density at radius 1 is 1.07 bits per heavy atom. The van der Waals surface area contributed by atoms with Gasteiger partial charge in [-0.1, -0.05) is 38.1 Å². The number of hydrogen-bond acceptors (Lipinski definition) is 4. The standard InChI is InChI=1S/C23H26N4O2/c1-17(2)19-5-3-18(4-6-19)15-26-11-13-27(14-12-26)23(28)21-9-7-20(8-10-21)22-25-24-16-29-22/h3-10,16-17H,11-15H2,1-2H3/p+1. The average Bonchev–Trinajstić information content (AvgIpc) is 3.29. The van der Waals surface area contributed by atoms with Gasteiger partial charge in [0.05, 0.1) is 26.2 Å². The first-order valence-corrected chi connectivity index (χ1v) is 10.2. The van der Waals surface area contributed by atoms with E-state index in [2.05, 4.69) is 48.3 Å². The number of aromatic nitrogens is 2. The predicted molar refractivity (Wildman–Crippen MR) is 111 cm³/mol. The molecule has 2 heterocycles. The molecular weight excluding hydrogens is 364 g/mol. The van der Waals surface area contributed by atoms with Gasteiger partial charge in [0.15, 0.2) is 0 Å². The maximum absolute atomic E-state index is 12.8. The Kier molecular flexibility index (Phi) is 5.71. The summed E-state index contributed by atoms with van der Waals surface area (Å²) in [6, 6.07) is 16.3. The second-order valence-corrected chi connectivity index (χ2v) is 7.94. The lowest BCUT2D eigenvalue weighted by atomic mass is 10.0. The number of nitrogens with zero attached hydrogens (tertiary/aromatic N) is 3. The van der Waals surface area contributed by atoms with Crippen molar-refractivity contribution in [1.29, 1.82) is 0 Å². The lowest BCUT2D eigenvalue weighted by molar-refractivity contribution is -0.917. The molecular formula is C23H27N4O2+. The summed E-state index contributed by atoms with van der Waals surface area (Å²) < 4.78 is 5.19. The van der Waals surface area contributed by atoms with Crippen molar-refractivity contribution in [2.24, 2.45) is 0 Å². The van der Waals surface area contributed by atoms with Gasteiger partial charge in [0, 0.05) is 16.7 Å². The highest BCUT2D eigenvalue weighted by molar-refractivity contribution is 5.94. The van der Waals surface area contributed by atoms with E-state index in [1.807, 2.05) is 29.2 Å². The first kappa shape index (κ1) is 19.3. The monoisotopic (exact) mass is 391 g/mol. The van der Waals surface area contributed by atoms with E-state index < -0.39 is 0 Å². The molecule has 0 radical (unpaired) electrons. The van der Waals surface area contributed by atoms with E-state index in [1.165, 1.54) is 22.4 Å². The molecule has 1 aliphatic heterocycles. The third-order valence-corrected chi connectivity index (χ3v) is 5.60. The van der Waals surface area contributed by atoms with Crippen LogP contribution in [0.1, 0.15) is 41.3 Å². The van der Waals surface area contributed by atoms with Crippen molar-refractivity contribution in [1.82, 2.24) is 15.1 Å². The molecule has 150 valence electrons. The number of nitrogens with one attached hydrogen (secondary N) is 1. The summed E-state index contributed by atoms with van der Waals surface area (Å²) in [5, 5.41) is 7.58. The van der Waals surface area contributed by atoms with Gasteiger partial charge in [0.1, 0.15) is 6.54 Å². The number of amides is 1. The average molecular weight is 391 g/mol. The first-order valence-electron chi connectivity index (χ1n) is 10.2. The number of piperazine rings is 1. The number of carbonyl (C=O) groups is 1. The van der Waals surface area contributed by atoms with Crippen molar-refractivity contribution >= 4 is 5.91 Å².